The zero-order valence-corrected chi connectivity index (χ0v) is 6.79. The molecule has 1 aliphatic heterocycles. The molecular weight excluding hydrogens is 144 g/mol. The number of esters is 2. The van der Waals surface area contributed by atoms with Crippen LogP contribution >= 0.6 is 0 Å². The Morgan fingerprint density at radius 3 is 2.55 bits per heavy atom. The standard InChI is InChI=1S/C8H12O3/c1-5(2)6-3-4-7(9)11-8(6)10/h5-6H,3-4H2,1-2H3. The maximum absolute atomic E-state index is 11.0. The van der Waals surface area contributed by atoms with E-state index in [2.05, 4.69) is 4.74 Å². The third kappa shape index (κ3) is 1.79. The first-order chi connectivity index (χ1) is 5.11. The monoisotopic (exact) mass is 156 g/mol. The predicted molar refractivity (Wildman–Crippen MR) is 38.7 cm³/mol. The molecule has 1 fully saturated rings. The molecule has 0 N–H and O–H groups in total. The third-order valence-corrected chi connectivity index (χ3v) is 1.98. The average molecular weight is 156 g/mol. The fourth-order valence-corrected chi connectivity index (χ4v) is 1.24. The van der Waals surface area contributed by atoms with Gasteiger partial charge in [0.1, 0.15) is 0 Å². The average Bonchev–Trinajstić information content (AvgIpc) is 1.85. The second kappa shape index (κ2) is 3.03. The summed E-state index contributed by atoms with van der Waals surface area (Å²) in [5, 5.41) is 0. The van der Waals surface area contributed by atoms with Crippen molar-refractivity contribution in [2.45, 2.75) is 26.7 Å². The van der Waals surface area contributed by atoms with Gasteiger partial charge in [0.15, 0.2) is 0 Å². The molecular formula is C8H12O3. The number of rotatable bonds is 1. The van der Waals surface area contributed by atoms with Crippen LogP contribution in [0.15, 0.2) is 0 Å². The molecule has 0 spiro atoms. The Kier molecular flexibility index (Phi) is 2.27. The van der Waals surface area contributed by atoms with Gasteiger partial charge in [-0.25, -0.2) is 0 Å². The Hall–Kier alpha value is -0.860. The molecule has 1 rings (SSSR count). The Morgan fingerprint density at radius 1 is 1.45 bits per heavy atom. The van der Waals surface area contributed by atoms with Crippen molar-refractivity contribution < 1.29 is 14.3 Å². The van der Waals surface area contributed by atoms with Crippen LogP contribution in [-0.2, 0) is 14.3 Å². The van der Waals surface area contributed by atoms with E-state index in [0.29, 0.717) is 12.8 Å². The molecule has 0 amide bonds. The van der Waals surface area contributed by atoms with Gasteiger partial charge < -0.3 is 4.74 Å². The molecule has 1 unspecified atom stereocenters. The summed E-state index contributed by atoms with van der Waals surface area (Å²) in [7, 11) is 0. The molecule has 0 aliphatic carbocycles. The van der Waals surface area contributed by atoms with Crippen LogP contribution in [-0.4, -0.2) is 11.9 Å². The van der Waals surface area contributed by atoms with Crippen molar-refractivity contribution >= 4 is 11.9 Å². The molecule has 1 aliphatic rings. The second-order valence-electron chi connectivity index (χ2n) is 3.18. The van der Waals surface area contributed by atoms with Crippen LogP contribution in [0.2, 0.25) is 0 Å². The zero-order chi connectivity index (χ0) is 8.43. The highest BCUT2D eigenvalue weighted by Crippen LogP contribution is 2.23. The number of hydrogen-bond acceptors (Lipinski definition) is 3. The third-order valence-electron chi connectivity index (χ3n) is 1.98. The Labute approximate surface area is 65.7 Å². The smallest absolute Gasteiger partial charge is 0.316 e. The van der Waals surface area contributed by atoms with E-state index in [1.165, 1.54) is 0 Å². The first kappa shape index (κ1) is 8.24. The molecule has 1 saturated heterocycles. The lowest BCUT2D eigenvalue weighted by Gasteiger charge is -2.21. The summed E-state index contributed by atoms with van der Waals surface area (Å²) >= 11 is 0. The Balaban J connectivity index is 2.57. The van der Waals surface area contributed by atoms with Crippen LogP contribution in [0.4, 0.5) is 0 Å². The molecule has 0 saturated carbocycles. The lowest BCUT2D eigenvalue weighted by atomic mass is 9.90. The summed E-state index contributed by atoms with van der Waals surface area (Å²) in [5.74, 6) is -0.536. The minimum Gasteiger partial charge on any atom is -0.393 e. The van der Waals surface area contributed by atoms with Gasteiger partial charge >= 0.3 is 11.9 Å². The van der Waals surface area contributed by atoms with Gasteiger partial charge in [0.2, 0.25) is 0 Å². The fraction of sp³-hybridized carbons (Fsp3) is 0.750. The topological polar surface area (TPSA) is 43.4 Å². The molecule has 0 bridgehead atoms. The van der Waals surface area contributed by atoms with E-state index in [-0.39, 0.29) is 23.8 Å². The number of ether oxygens (including phenoxy) is 1. The van der Waals surface area contributed by atoms with Gasteiger partial charge in [0, 0.05) is 6.42 Å². The zero-order valence-electron chi connectivity index (χ0n) is 6.79. The van der Waals surface area contributed by atoms with Gasteiger partial charge in [-0.05, 0) is 12.3 Å². The molecule has 0 aromatic heterocycles. The normalized spacial score (nSPS) is 25.5. The summed E-state index contributed by atoms with van der Waals surface area (Å²) in [6.07, 6.45) is 1.03. The van der Waals surface area contributed by atoms with Gasteiger partial charge in [-0.3, -0.25) is 9.59 Å². The van der Waals surface area contributed by atoms with Crippen LogP contribution in [0, 0.1) is 11.8 Å². The van der Waals surface area contributed by atoms with Crippen molar-refractivity contribution in [1.29, 1.82) is 0 Å². The first-order valence-electron chi connectivity index (χ1n) is 3.86. The number of hydrogen-bond donors (Lipinski definition) is 0. The quantitative estimate of drug-likeness (QED) is 0.422. The molecule has 11 heavy (non-hydrogen) atoms. The van der Waals surface area contributed by atoms with E-state index < -0.39 is 0 Å². The number of carbonyl (C=O) groups excluding carboxylic acids is 2. The Bertz CT molecular complexity index is 184. The first-order valence-corrected chi connectivity index (χ1v) is 3.86. The summed E-state index contributed by atoms with van der Waals surface area (Å²) in [4.78, 5) is 21.6. The van der Waals surface area contributed by atoms with Gasteiger partial charge in [-0.2, -0.15) is 0 Å². The molecule has 0 aromatic carbocycles. The fourth-order valence-electron chi connectivity index (χ4n) is 1.24. The van der Waals surface area contributed by atoms with E-state index in [0.717, 1.165) is 0 Å². The maximum atomic E-state index is 11.0. The molecule has 1 heterocycles. The Morgan fingerprint density at radius 2 is 2.09 bits per heavy atom. The van der Waals surface area contributed by atoms with Gasteiger partial charge in [-0.15, -0.1) is 0 Å². The largest absolute Gasteiger partial charge is 0.393 e. The van der Waals surface area contributed by atoms with Gasteiger partial charge in [-0.1, -0.05) is 13.8 Å². The summed E-state index contributed by atoms with van der Waals surface area (Å²) in [6.45, 7) is 3.92. The molecule has 62 valence electrons. The van der Waals surface area contributed by atoms with Crippen LogP contribution in [0.3, 0.4) is 0 Å². The number of cyclic esters (lactones) is 2. The van der Waals surface area contributed by atoms with Crippen molar-refractivity contribution in [3.8, 4) is 0 Å². The number of carbonyl (C=O) groups is 2. The highest BCUT2D eigenvalue weighted by molar-refractivity contribution is 5.89. The summed E-state index contributed by atoms with van der Waals surface area (Å²) in [6, 6.07) is 0. The van der Waals surface area contributed by atoms with Crippen molar-refractivity contribution in [2.24, 2.45) is 11.8 Å². The minimum absolute atomic E-state index is 0.0762. The molecule has 3 heteroatoms. The van der Waals surface area contributed by atoms with Gasteiger partial charge in [0.25, 0.3) is 0 Å². The lowest BCUT2D eigenvalue weighted by Crippen LogP contribution is -2.30. The lowest BCUT2D eigenvalue weighted by molar-refractivity contribution is -0.168. The highest BCUT2D eigenvalue weighted by atomic mass is 16.6. The van der Waals surface area contributed by atoms with Crippen molar-refractivity contribution in [3.05, 3.63) is 0 Å². The minimum atomic E-state index is -0.382. The van der Waals surface area contributed by atoms with E-state index in [1.807, 2.05) is 13.8 Å². The highest BCUT2D eigenvalue weighted by Gasteiger charge is 2.30. The van der Waals surface area contributed by atoms with Crippen LogP contribution in [0.1, 0.15) is 26.7 Å². The summed E-state index contributed by atoms with van der Waals surface area (Å²) in [5.41, 5.74) is 0. The van der Waals surface area contributed by atoms with E-state index in [4.69, 9.17) is 0 Å². The van der Waals surface area contributed by atoms with E-state index >= 15 is 0 Å². The van der Waals surface area contributed by atoms with Crippen molar-refractivity contribution in [3.63, 3.8) is 0 Å². The molecule has 0 aromatic rings. The van der Waals surface area contributed by atoms with Crippen molar-refractivity contribution in [2.75, 3.05) is 0 Å². The van der Waals surface area contributed by atoms with E-state index in [9.17, 15) is 9.59 Å². The SMILES string of the molecule is CC(C)C1CCC(=O)OC1=O. The van der Waals surface area contributed by atoms with Crippen LogP contribution in [0.5, 0.6) is 0 Å². The van der Waals surface area contributed by atoms with Crippen LogP contribution in [0.25, 0.3) is 0 Å². The molecule has 1 atom stereocenters. The molecule has 0 radical (unpaired) electrons. The van der Waals surface area contributed by atoms with E-state index in [1.54, 1.807) is 0 Å². The maximum Gasteiger partial charge on any atom is 0.316 e. The van der Waals surface area contributed by atoms with Gasteiger partial charge in [0.05, 0.1) is 5.92 Å². The molecule has 3 nitrogen and oxygen atoms in total. The predicted octanol–water partition coefficient (Wildman–Crippen LogP) is 1.12. The summed E-state index contributed by atoms with van der Waals surface area (Å²) < 4.78 is 4.48. The van der Waals surface area contributed by atoms with Crippen molar-refractivity contribution in [1.82, 2.24) is 0 Å². The second-order valence-corrected chi connectivity index (χ2v) is 3.18. The van der Waals surface area contributed by atoms with Crippen LogP contribution < -0.4 is 0 Å².